The smallest absolute Gasteiger partial charge is 0.122 e. The number of benzene rings is 1. The monoisotopic (exact) mass is 261 g/mol. The number of aryl methyl sites for hydroxylation is 1. The number of hydrogen-bond donors (Lipinski definition) is 1. The fraction of sp³-hybridized carbons (Fsp3) is 0.647. The Morgan fingerprint density at radius 3 is 2.68 bits per heavy atom. The Morgan fingerprint density at radius 2 is 2.00 bits per heavy atom. The summed E-state index contributed by atoms with van der Waals surface area (Å²) in [4.78, 5) is 0. The normalized spacial score (nSPS) is 27.2. The van der Waals surface area contributed by atoms with Crippen LogP contribution in [0.4, 0.5) is 0 Å². The van der Waals surface area contributed by atoms with E-state index in [0.717, 1.165) is 18.1 Å². The lowest BCUT2D eigenvalue weighted by Gasteiger charge is -2.36. The van der Waals surface area contributed by atoms with E-state index in [2.05, 4.69) is 50.5 Å². The van der Waals surface area contributed by atoms with Gasteiger partial charge in [0.15, 0.2) is 0 Å². The maximum atomic E-state index is 6.35. The van der Waals surface area contributed by atoms with Crippen molar-refractivity contribution in [2.45, 2.75) is 58.1 Å². The molecule has 2 rings (SSSR count). The van der Waals surface area contributed by atoms with Gasteiger partial charge in [-0.2, -0.15) is 0 Å². The van der Waals surface area contributed by atoms with Gasteiger partial charge in [0.2, 0.25) is 0 Å². The van der Waals surface area contributed by atoms with Crippen molar-refractivity contribution < 1.29 is 4.74 Å². The first kappa shape index (κ1) is 14.4. The van der Waals surface area contributed by atoms with Gasteiger partial charge in [0.25, 0.3) is 0 Å². The summed E-state index contributed by atoms with van der Waals surface area (Å²) in [6.45, 7) is 4.48. The third-order valence-electron chi connectivity index (χ3n) is 4.48. The van der Waals surface area contributed by atoms with E-state index in [1.54, 1.807) is 0 Å². The second-order valence-electron chi connectivity index (χ2n) is 5.60. The third-order valence-corrected chi connectivity index (χ3v) is 4.48. The molecule has 1 aliphatic carbocycles. The van der Waals surface area contributed by atoms with Crippen LogP contribution in [0.15, 0.2) is 24.3 Å². The van der Waals surface area contributed by atoms with Crippen LogP contribution in [0.25, 0.3) is 0 Å². The highest BCUT2D eigenvalue weighted by Crippen LogP contribution is 2.31. The molecule has 0 radical (unpaired) electrons. The lowest BCUT2D eigenvalue weighted by Crippen LogP contribution is -2.45. The van der Waals surface area contributed by atoms with E-state index >= 15 is 0 Å². The zero-order valence-electron chi connectivity index (χ0n) is 12.5. The van der Waals surface area contributed by atoms with E-state index in [9.17, 15) is 0 Å². The van der Waals surface area contributed by atoms with E-state index in [4.69, 9.17) is 4.74 Å². The number of nitrogens with one attached hydrogen (secondary N) is 1. The molecule has 0 spiro atoms. The van der Waals surface area contributed by atoms with Crippen molar-refractivity contribution >= 4 is 0 Å². The molecule has 0 aliphatic heterocycles. The Kier molecular flexibility index (Phi) is 5.26. The van der Waals surface area contributed by atoms with Crippen LogP contribution >= 0.6 is 0 Å². The highest BCUT2D eigenvalue weighted by molar-refractivity contribution is 5.33. The van der Waals surface area contributed by atoms with Crippen LogP contribution in [0.5, 0.6) is 5.75 Å². The molecule has 106 valence electrons. The molecule has 3 unspecified atom stereocenters. The molecule has 0 bridgehead atoms. The number of ether oxygens (including phenoxy) is 1. The van der Waals surface area contributed by atoms with Gasteiger partial charge in [-0.05, 0) is 50.3 Å². The summed E-state index contributed by atoms with van der Waals surface area (Å²) >= 11 is 0. The summed E-state index contributed by atoms with van der Waals surface area (Å²) in [5.74, 6) is 1.90. The molecule has 1 saturated carbocycles. The van der Waals surface area contributed by atoms with E-state index in [0.29, 0.717) is 12.1 Å². The summed E-state index contributed by atoms with van der Waals surface area (Å²) in [5, 5.41) is 3.43. The van der Waals surface area contributed by atoms with Gasteiger partial charge in [-0.3, -0.25) is 0 Å². The number of hydrogen-bond acceptors (Lipinski definition) is 2. The number of para-hydroxylation sites is 1. The van der Waals surface area contributed by atoms with Crippen molar-refractivity contribution in [3.05, 3.63) is 29.8 Å². The molecule has 1 fully saturated rings. The molecule has 3 atom stereocenters. The summed E-state index contributed by atoms with van der Waals surface area (Å²) in [6.07, 6.45) is 6.36. The predicted octanol–water partition coefficient (Wildman–Crippen LogP) is 3.79. The van der Waals surface area contributed by atoms with Crippen molar-refractivity contribution in [3.63, 3.8) is 0 Å². The molecule has 0 heterocycles. The van der Waals surface area contributed by atoms with Crippen LogP contribution in [0.2, 0.25) is 0 Å². The summed E-state index contributed by atoms with van der Waals surface area (Å²) in [5.41, 5.74) is 1.32. The summed E-state index contributed by atoms with van der Waals surface area (Å²) in [6, 6.07) is 8.94. The number of rotatable bonds is 5. The first-order valence-corrected chi connectivity index (χ1v) is 7.70. The van der Waals surface area contributed by atoms with Crippen LogP contribution < -0.4 is 10.1 Å². The average molecular weight is 261 g/mol. The second-order valence-corrected chi connectivity index (χ2v) is 5.60. The fourth-order valence-corrected chi connectivity index (χ4v) is 3.12. The average Bonchev–Trinajstić information content (AvgIpc) is 2.47. The van der Waals surface area contributed by atoms with E-state index in [1.165, 1.54) is 31.2 Å². The van der Waals surface area contributed by atoms with Crippen LogP contribution in [-0.2, 0) is 6.42 Å². The largest absolute Gasteiger partial charge is 0.489 e. The zero-order valence-corrected chi connectivity index (χ0v) is 12.5. The molecule has 2 heteroatoms. The van der Waals surface area contributed by atoms with E-state index in [-0.39, 0.29) is 0 Å². The van der Waals surface area contributed by atoms with Crippen LogP contribution in [-0.4, -0.2) is 19.2 Å². The Balaban J connectivity index is 2.09. The minimum Gasteiger partial charge on any atom is -0.489 e. The van der Waals surface area contributed by atoms with Crippen LogP contribution in [0.1, 0.15) is 45.1 Å². The third kappa shape index (κ3) is 3.50. The standard InChI is InChI=1S/C17H27NO/c1-4-13-10-11-15(18-3)17(12-13)19-16-9-7-6-8-14(16)5-2/h6-9,13,15,17-18H,4-5,10-12H2,1-3H3. The minimum atomic E-state index is 0.316. The molecular weight excluding hydrogens is 234 g/mol. The van der Waals surface area contributed by atoms with Crippen molar-refractivity contribution in [2.24, 2.45) is 5.92 Å². The highest BCUT2D eigenvalue weighted by atomic mass is 16.5. The molecule has 0 saturated heterocycles. The lowest BCUT2D eigenvalue weighted by atomic mass is 9.82. The molecule has 19 heavy (non-hydrogen) atoms. The molecule has 1 aromatic rings. The SMILES string of the molecule is CCc1ccccc1OC1CC(CC)CCC1NC. The predicted molar refractivity (Wildman–Crippen MR) is 80.7 cm³/mol. The quantitative estimate of drug-likeness (QED) is 0.870. The molecule has 0 aromatic heterocycles. The van der Waals surface area contributed by atoms with Crippen molar-refractivity contribution in [2.75, 3.05) is 7.05 Å². The van der Waals surface area contributed by atoms with Crippen LogP contribution in [0.3, 0.4) is 0 Å². The topological polar surface area (TPSA) is 21.3 Å². The Bertz CT molecular complexity index is 391. The van der Waals surface area contributed by atoms with Gasteiger partial charge >= 0.3 is 0 Å². The maximum absolute atomic E-state index is 6.35. The fourth-order valence-electron chi connectivity index (χ4n) is 3.12. The van der Waals surface area contributed by atoms with Crippen molar-refractivity contribution in [1.29, 1.82) is 0 Å². The molecule has 0 amide bonds. The minimum absolute atomic E-state index is 0.316. The summed E-state index contributed by atoms with van der Waals surface area (Å²) < 4.78 is 6.35. The van der Waals surface area contributed by atoms with Gasteiger partial charge in [-0.1, -0.05) is 38.5 Å². The van der Waals surface area contributed by atoms with Gasteiger partial charge in [-0.25, -0.2) is 0 Å². The second kappa shape index (κ2) is 6.95. The van der Waals surface area contributed by atoms with Gasteiger partial charge in [0, 0.05) is 6.04 Å². The maximum Gasteiger partial charge on any atom is 0.122 e. The van der Waals surface area contributed by atoms with Crippen LogP contribution in [0, 0.1) is 5.92 Å². The number of likely N-dealkylation sites (N-methyl/N-ethyl adjacent to an activating group) is 1. The van der Waals surface area contributed by atoms with Gasteiger partial charge in [0.05, 0.1) is 0 Å². The first-order chi connectivity index (χ1) is 9.28. The molecule has 1 N–H and O–H groups in total. The highest BCUT2D eigenvalue weighted by Gasteiger charge is 2.30. The van der Waals surface area contributed by atoms with Gasteiger partial charge in [-0.15, -0.1) is 0 Å². The Labute approximate surface area is 117 Å². The summed E-state index contributed by atoms with van der Waals surface area (Å²) in [7, 11) is 2.05. The first-order valence-electron chi connectivity index (χ1n) is 7.70. The molecule has 1 aromatic carbocycles. The Morgan fingerprint density at radius 1 is 1.21 bits per heavy atom. The van der Waals surface area contributed by atoms with Gasteiger partial charge in [0.1, 0.15) is 11.9 Å². The molecule has 2 nitrogen and oxygen atoms in total. The van der Waals surface area contributed by atoms with Crippen molar-refractivity contribution in [1.82, 2.24) is 5.32 Å². The van der Waals surface area contributed by atoms with E-state index in [1.807, 2.05) is 0 Å². The zero-order chi connectivity index (χ0) is 13.7. The molecule has 1 aliphatic rings. The van der Waals surface area contributed by atoms with E-state index < -0.39 is 0 Å². The van der Waals surface area contributed by atoms with Gasteiger partial charge < -0.3 is 10.1 Å². The lowest BCUT2D eigenvalue weighted by molar-refractivity contribution is 0.0874. The molecular formula is C17H27NO. The van der Waals surface area contributed by atoms with Crippen molar-refractivity contribution in [3.8, 4) is 5.75 Å². The Hall–Kier alpha value is -1.02.